The van der Waals surface area contributed by atoms with E-state index in [1.807, 2.05) is 18.2 Å². The average Bonchev–Trinajstić information content (AvgIpc) is 2.75. The third-order valence-electron chi connectivity index (χ3n) is 2.52. The molecule has 0 saturated carbocycles. The van der Waals surface area contributed by atoms with Crippen molar-refractivity contribution in [3.05, 3.63) is 24.5 Å². The molecule has 0 saturated heterocycles. The lowest BCUT2D eigenvalue weighted by Gasteiger charge is -2.16. The average molecular weight is 218 g/mol. The Morgan fingerprint density at radius 3 is 3.12 bits per heavy atom. The zero-order valence-electron chi connectivity index (χ0n) is 9.10. The standard InChI is InChI=1S/C11H14N4O/c1-15(11(16)4-5-12)8-2-3-9-10(6-8)14-7-13-9/h2-3,6-7H,4-5,12H2,1H3,(H,13,14). The van der Waals surface area contributed by atoms with E-state index in [0.29, 0.717) is 13.0 Å². The van der Waals surface area contributed by atoms with Crippen molar-refractivity contribution < 1.29 is 4.79 Å². The van der Waals surface area contributed by atoms with E-state index in [2.05, 4.69) is 9.97 Å². The molecular weight excluding hydrogens is 204 g/mol. The molecule has 84 valence electrons. The van der Waals surface area contributed by atoms with Crippen molar-refractivity contribution in [2.75, 3.05) is 18.5 Å². The lowest BCUT2D eigenvalue weighted by molar-refractivity contribution is -0.118. The predicted octanol–water partition coefficient (Wildman–Crippen LogP) is 0.874. The number of nitrogens with zero attached hydrogens (tertiary/aromatic N) is 2. The van der Waals surface area contributed by atoms with Crippen LogP contribution in [0.15, 0.2) is 24.5 Å². The Kier molecular flexibility index (Phi) is 2.87. The number of benzene rings is 1. The molecule has 1 amide bonds. The van der Waals surface area contributed by atoms with Gasteiger partial charge in [-0.3, -0.25) is 4.79 Å². The van der Waals surface area contributed by atoms with E-state index in [4.69, 9.17) is 5.73 Å². The van der Waals surface area contributed by atoms with Crippen LogP contribution >= 0.6 is 0 Å². The second-order valence-corrected chi connectivity index (χ2v) is 3.60. The molecule has 1 heterocycles. The number of amides is 1. The summed E-state index contributed by atoms with van der Waals surface area (Å²) < 4.78 is 0. The van der Waals surface area contributed by atoms with Gasteiger partial charge >= 0.3 is 0 Å². The second kappa shape index (κ2) is 4.32. The number of hydrogen-bond donors (Lipinski definition) is 2. The molecule has 0 aliphatic rings. The first-order valence-corrected chi connectivity index (χ1v) is 5.12. The summed E-state index contributed by atoms with van der Waals surface area (Å²) in [7, 11) is 1.75. The van der Waals surface area contributed by atoms with E-state index in [1.54, 1.807) is 18.3 Å². The number of hydrogen-bond acceptors (Lipinski definition) is 3. The van der Waals surface area contributed by atoms with Gasteiger partial charge in [0.15, 0.2) is 0 Å². The Bertz CT molecular complexity index is 505. The van der Waals surface area contributed by atoms with Crippen LogP contribution in [-0.4, -0.2) is 29.5 Å². The molecule has 2 rings (SSSR count). The first kappa shape index (κ1) is 10.6. The summed E-state index contributed by atoms with van der Waals surface area (Å²) >= 11 is 0. The predicted molar refractivity (Wildman–Crippen MR) is 63.2 cm³/mol. The maximum atomic E-state index is 11.6. The van der Waals surface area contributed by atoms with Crippen molar-refractivity contribution in [2.24, 2.45) is 5.73 Å². The molecule has 1 aromatic heterocycles. The van der Waals surface area contributed by atoms with E-state index in [1.165, 1.54) is 0 Å². The second-order valence-electron chi connectivity index (χ2n) is 3.60. The minimum atomic E-state index is 0.0152. The zero-order valence-corrected chi connectivity index (χ0v) is 9.10. The number of aromatic nitrogens is 2. The summed E-state index contributed by atoms with van der Waals surface area (Å²) in [6.07, 6.45) is 1.99. The van der Waals surface area contributed by atoms with Gasteiger partial charge in [0.25, 0.3) is 0 Å². The van der Waals surface area contributed by atoms with Crippen LogP contribution in [0.1, 0.15) is 6.42 Å². The third-order valence-corrected chi connectivity index (χ3v) is 2.52. The van der Waals surface area contributed by atoms with Crippen molar-refractivity contribution in [1.29, 1.82) is 0 Å². The van der Waals surface area contributed by atoms with Gasteiger partial charge in [-0.1, -0.05) is 0 Å². The van der Waals surface area contributed by atoms with E-state index < -0.39 is 0 Å². The first-order valence-electron chi connectivity index (χ1n) is 5.12. The molecule has 5 nitrogen and oxygen atoms in total. The summed E-state index contributed by atoms with van der Waals surface area (Å²) in [5, 5.41) is 0. The van der Waals surface area contributed by atoms with E-state index in [-0.39, 0.29) is 5.91 Å². The van der Waals surface area contributed by atoms with Gasteiger partial charge in [0, 0.05) is 25.7 Å². The van der Waals surface area contributed by atoms with E-state index in [0.717, 1.165) is 16.7 Å². The van der Waals surface area contributed by atoms with Crippen LogP contribution in [0.25, 0.3) is 11.0 Å². The molecule has 16 heavy (non-hydrogen) atoms. The number of imidazole rings is 1. The van der Waals surface area contributed by atoms with Gasteiger partial charge < -0.3 is 15.6 Å². The van der Waals surface area contributed by atoms with Crippen LogP contribution in [0.2, 0.25) is 0 Å². The number of nitrogens with one attached hydrogen (secondary N) is 1. The quantitative estimate of drug-likeness (QED) is 0.802. The van der Waals surface area contributed by atoms with Crippen LogP contribution in [0.5, 0.6) is 0 Å². The fraction of sp³-hybridized carbons (Fsp3) is 0.273. The highest BCUT2D eigenvalue weighted by molar-refractivity contribution is 5.94. The molecular formula is C11H14N4O. The molecule has 0 aliphatic heterocycles. The SMILES string of the molecule is CN(C(=O)CCN)c1ccc2nc[nH]c2c1. The molecule has 2 aromatic rings. The van der Waals surface area contributed by atoms with Crippen molar-refractivity contribution in [1.82, 2.24) is 9.97 Å². The molecule has 0 radical (unpaired) electrons. The van der Waals surface area contributed by atoms with Crippen molar-refractivity contribution >= 4 is 22.6 Å². The lowest BCUT2D eigenvalue weighted by atomic mass is 10.2. The highest BCUT2D eigenvalue weighted by Gasteiger charge is 2.10. The Morgan fingerprint density at radius 1 is 1.56 bits per heavy atom. The molecule has 0 bridgehead atoms. The van der Waals surface area contributed by atoms with Gasteiger partial charge in [0.05, 0.1) is 17.4 Å². The van der Waals surface area contributed by atoms with Gasteiger partial charge in [-0.2, -0.15) is 0 Å². The van der Waals surface area contributed by atoms with Crippen LogP contribution < -0.4 is 10.6 Å². The number of nitrogens with two attached hydrogens (primary N) is 1. The number of H-pyrrole nitrogens is 1. The first-order chi connectivity index (χ1) is 7.72. The van der Waals surface area contributed by atoms with Gasteiger partial charge in [-0.05, 0) is 18.2 Å². The summed E-state index contributed by atoms with van der Waals surface area (Å²) in [4.78, 5) is 20.4. The number of carbonyl (C=O) groups is 1. The van der Waals surface area contributed by atoms with Crippen molar-refractivity contribution in [2.45, 2.75) is 6.42 Å². The number of anilines is 1. The topological polar surface area (TPSA) is 75.0 Å². The van der Waals surface area contributed by atoms with Crippen LogP contribution in [-0.2, 0) is 4.79 Å². The third kappa shape index (κ3) is 1.90. The number of fused-ring (bicyclic) bond motifs is 1. The fourth-order valence-corrected chi connectivity index (χ4v) is 1.57. The smallest absolute Gasteiger partial charge is 0.227 e. The summed E-state index contributed by atoms with van der Waals surface area (Å²) in [5.41, 5.74) is 8.01. The molecule has 0 spiro atoms. The van der Waals surface area contributed by atoms with Gasteiger partial charge in [0.2, 0.25) is 5.91 Å². The summed E-state index contributed by atoms with van der Waals surface area (Å²) in [5.74, 6) is 0.0152. The molecule has 3 N–H and O–H groups in total. The van der Waals surface area contributed by atoms with Crippen LogP contribution in [0.4, 0.5) is 5.69 Å². The largest absolute Gasteiger partial charge is 0.345 e. The Morgan fingerprint density at radius 2 is 2.38 bits per heavy atom. The monoisotopic (exact) mass is 218 g/mol. The molecule has 1 aromatic carbocycles. The Balaban J connectivity index is 2.28. The highest BCUT2D eigenvalue weighted by Crippen LogP contribution is 2.19. The highest BCUT2D eigenvalue weighted by atomic mass is 16.2. The molecule has 0 aliphatic carbocycles. The maximum absolute atomic E-state index is 11.6. The van der Waals surface area contributed by atoms with Gasteiger partial charge in [-0.15, -0.1) is 0 Å². The minimum absolute atomic E-state index is 0.0152. The van der Waals surface area contributed by atoms with Gasteiger partial charge in [-0.25, -0.2) is 4.98 Å². The van der Waals surface area contributed by atoms with Crippen molar-refractivity contribution in [3.8, 4) is 0 Å². The number of rotatable bonds is 3. The molecule has 0 unspecified atom stereocenters. The number of aromatic amines is 1. The van der Waals surface area contributed by atoms with E-state index >= 15 is 0 Å². The Labute approximate surface area is 93.3 Å². The molecule has 0 atom stereocenters. The fourth-order valence-electron chi connectivity index (χ4n) is 1.57. The van der Waals surface area contributed by atoms with Gasteiger partial charge in [0.1, 0.15) is 0 Å². The zero-order chi connectivity index (χ0) is 11.5. The number of carbonyl (C=O) groups excluding carboxylic acids is 1. The summed E-state index contributed by atoms with van der Waals surface area (Å²) in [6.45, 7) is 0.371. The summed E-state index contributed by atoms with van der Waals surface area (Å²) in [6, 6.07) is 5.65. The van der Waals surface area contributed by atoms with E-state index in [9.17, 15) is 4.79 Å². The van der Waals surface area contributed by atoms with Crippen molar-refractivity contribution in [3.63, 3.8) is 0 Å². The molecule has 5 heteroatoms. The minimum Gasteiger partial charge on any atom is -0.345 e. The van der Waals surface area contributed by atoms with Crippen LogP contribution in [0, 0.1) is 0 Å². The lowest BCUT2D eigenvalue weighted by Crippen LogP contribution is -2.27. The molecule has 0 fully saturated rings. The van der Waals surface area contributed by atoms with Crippen LogP contribution in [0.3, 0.4) is 0 Å². The Hall–Kier alpha value is -1.88. The maximum Gasteiger partial charge on any atom is 0.227 e. The normalized spacial score (nSPS) is 10.6.